The number of aromatic nitrogens is 3. The van der Waals surface area contributed by atoms with Gasteiger partial charge in [-0.25, -0.2) is 9.97 Å². The van der Waals surface area contributed by atoms with Gasteiger partial charge in [0.2, 0.25) is 0 Å². The van der Waals surface area contributed by atoms with Crippen molar-refractivity contribution in [3.63, 3.8) is 0 Å². The molecule has 0 radical (unpaired) electrons. The molecule has 3 rings (SSSR count). The SMILES string of the molecule is CCNC(=NCCc1ncc(C)s1)N1CCC(C)C(n2ccnc2)C1.I. The molecule has 144 valence electrons. The topological polar surface area (TPSA) is 58.3 Å². The summed E-state index contributed by atoms with van der Waals surface area (Å²) in [7, 11) is 0. The van der Waals surface area contributed by atoms with E-state index >= 15 is 0 Å². The zero-order chi connectivity index (χ0) is 17.6. The first-order chi connectivity index (χ1) is 12.2. The van der Waals surface area contributed by atoms with Crippen molar-refractivity contribution in [1.29, 1.82) is 0 Å². The molecule has 3 heterocycles. The van der Waals surface area contributed by atoms with Crippen molar-refractivity contribution in [2.24, 2.45) is 10.9 Å². The van der Waals surface area contributed by atoms with Crippen LogP contribution in [0.3, 0.4) is 0 Å². The first kappa shape index (κ1) is 21.1. The number of guanidine groups is 1. The molecule has 1 aliphatic rings. The van der Waals surface area contributed by atoms with Gasteiger partial charge in [-0.05, 0) is 26.2 Å². The molecule has 6 nitrogen and oxygen atoms in total. The minimum Gasteiger partial charge on any atom is -0.357 e. The molecule has 1 N–H and O–H groups in total. The smallest absolute Gasteiger partial charge is 0.193 e. The molecule has 2 unspecified atom stereocenters. The van der Waals surface area contributed by atoms with Crippen LogP contribution in [0, 0.1) is 12.8 Å². The highest BCUT2D eigenvalue weighted by Gasteiger charge is 2.28. The van der Waals surface area contributed by atoms with Crippen LogP contribution in [-0.4, -0.2) is 51.6 Å². The van der Waals surface area contributed by atoms with Crippen LogP contribution in [-0.2, 0) is 6.42 Å². The van der Waals surface area contributed by atoms with Crippen molar-refractivity contribution in [3.05, 3.63) is 34.8 Å². The van der Waals surface area contributed by atoms with Crippen LogP contribution in [0.25, 0.3) is 0 Å². The molecule has 2 aromatic rings. The first-order valence-electron chi connectivity index (χ1n) is 9.09. The average Bonchev–Trinajstić information content (AvgIpc) is 3.26. The van der Waals surface area contributed by atoms with E-state index in [0.717, 1.165) is 38.6 Å². The molecule has 0 amide bonds. The second-order valence-corrected chi connectivity index (χ2v) is 7.96. The van der Waals surface area contributed by atoms with E-state index in [-0.39, 0.29) is 24.0 Å². The number of aryl methyl sites for hydroxylation is 1. The number of halogens is 1. The first-order valence-corrected chi connectivity index (χ1v) is 9.91. The summed E-state index contributed by atoms with van der Waals surface area (Å²) >= 11 is 1.76. The lowest BCUT2D eigenvalue weighted by Gasteiger charge is -2.39. The number of thiazole rings is 1. The summed E-state index contributed by atoms with van der Waals surface area (Å²) in [5.41, 5.74) is 0. The standard InChI is InChI=1S/C18H28N6S.HI/c1-4-20-18(21-7-5-17-22-11-15(3)25-17)23-9-6-14(2)16(12-23)24-10-8-19-13-24;/h8,10-11,13-14,16H,4-7,9,12H2,1-3H3,(H,20,21);1H. The average molecular weight is 488 g/mol. The molecule has 1 aliphatic heterocycles. The van der Waals surface area contributed by atoms with E-state index < -0.39 is 0 Å². The maximum Gasteiger partial charge on any atom is 0.193 e. The molecular weight excluding hydrogens is 459 g/mol. The third-order valence-corrected chi connectivity index (χ3v) is 5.69. The molecule has 26 heavy (non-hydrogen) atoms. The van der Waals surface area contributed by atoms with Gasteiger partial charge in [0.05, 0.1) is 17.4 Å². The molecular formula is C18H29IN6S. The second-order valence-electron chi connectivity index (χ2n) is 6.64. The molecule has 0 aliphatic carbocycles. The van der Waals surface area contributed by atoms with Crippen LogP contribution >= 0.6 is 35.3 Å². The van der Waals surface area contributed by atoms with Crippen molar-refractivity contribution < 1.29 is 0 Å². The number of aliphatic imine (C=N–C) groups is 1. The number of imidazole rings is 1. The highest BCUT2D eigenvalue weighted by atomic mass is 127. The third-order valence-electron chi connectivity index (χ3n) is 4.72. The molecule has 0 spiro atoms. The van der Waals surface area contributed by atoms with E-state index in [9.17, 15) is 0 Å². The fourth-order valence-corrected chi connectivity index (χ4v) is 4.07. The van der Waals surface area contributed by atoms with Crippen molar-refractivity contribution >= 4 is 41.3 Å². The van der Waals surface area contributed by atoms with Crippen LogP contribution in [0.2, 0.25) is 0 Å². The Bertz CT molecular complexity index is 684. The van der Waals surface area contributed by atoms with Gasteiger partial charge >= 0.3 is 0 Å². The minimum absolute atomic E-state index is 0. The number of piperidine rings is 1. The van der Waals surface area contributed by atoms with Gasteiger partial charge in [0, 0.05) is 56.1 Å². The van der Waals surface area contributed by atoms with Crippen LogP contribution in [0.4, 0.5) is 0 Å². The summed E-state index contributed by atoms with van der Waals surface area (Å²) in [6, 6.07) is 0.446. The van der Waals surface area contributed by atoms with E-state index in [4.69, 9.17) is 4.99 Å². The van der Waals surface area contributed by atoms with Gasteiger partial charge in [0.15, 0.2) is 5.96 Å². The van der Waals surface area contributed by atoms with Crippen LogP contribution < -0.4 is 5.32 Å². The lowest BCUT2D eigenvalue weighted by atomic mass is 9.93. The summed E-state index contributed by atoms with van der Waals surface area (Å²) in [5, 5.41) is 4.63. The van der Waals surface area contributed by atoms with E-state index in [1.54, 1.807) is 11.3 Å². The Labute approximate surface area is 177 Å². The number of likely N-dealkylation sites (tertiary alicyclic amines) is 1. The van der Waals surface area contributed by atoms with Gasteiger partial charge in [-0.15, -0.1) is 35.3 Å². The largest absolute Gasteiger partial charge is 0.357 e. The Hall–Kier alpha value is -1.16. The third kappa shape index (κ3) is 5.42. The monoisotopic (exact) mass is 488 g/mol. The maximum absolute atomic E-state index is 4.86. The van der Waals surface area contributed by atoms with Crippen molar-refractivity contribution in [2.45, 2.75) is 39.7 Å². The fourth-order valence-electron chi connectivity index (χ4n) is 3.30. The zero-order valence-electron chi connectivity index (χ0n) is 15.8. The Balaban J connectivity index is 0.00000243. The van der Waals surface area contributed by atoms with E-state index in [1.165, 1.54) is 16.3 Å². The van der Waals surface area contributed by atoms with E-state index in [0.29, 0.717) is 12.0 Å². The Kier molecular flexibility index (Phi) is 8.33. The quantitative estimate of drug-likeness (QED) is 0.399. The van der Waals surface area contributed by atoms with Crippen molar-refractivity contribution in [2.75, 3.05) is 26.2 Å². The molecule has 1 saturated heterocycles. The number of nitrogens with zero attached hydrogens (tertiary/aromatic N) is 5. The van der Waals surface area contributed by atoms with Crippen LogP contribution in [0.1, 0.15) is 36.2 Å². The highest BCUT2D eigenvalue weighted by molar-refractivity contribution is 14.0. The van der Waals surface area contributed by atoms with Gasteiger partial charge < -0.3 is 14.8 Å². The number of nitrogens with one attached hydrogen (secondary N) is 1. The van der Waals surface area contributed by atoms with Gasteiger partial charge in [0.25, 0.3) is 0 Å². The van der Waals surface area contributed by atoms with Gasteiger partial charge in [-0.3, -0.25) is 4.99 Å². The molecule has 0 saturated carbocycles. The summed E-state index contributed by atoms with van der Waals surface area (Å²) in [5.74, 6) is 1.67. The lowest BCUT2D eigenvalue weighted by molar-refractivity contribution is 0.189. The highest BCUT2D eigenvalue weighted by Crippen LogP contribution is 2.27. The normalized spacial score (nSPS) is 20.7. The minimum atomic E-state index is 0. The molecule has 0 bridgehead atoms. The summed E-state index contributed by atoms with van der Waals surface area (Å²) in [6.07, 6.45) is 9.87. The molecule has 8 heteroatoms. The Morgan fingerprint density at radius 2 is 2.31 bits per heavy atom. The van der Waals surface area contributed by atoms with Crippen molar-refractivity contribution in [3.8, 4) is 0 Å². The van der Waals surface area contributed by atoms with E-state index in [1.807, 2.05) is 18.7 Å². The Morgan fingerprint density at radius 1 is 1.46 bits per heavy atom. The number of hydrogen-bond donors (Lipinski definition) is 1. The predicted molar refractivity (Wildman–Crippen MR) is 119 cm³/mol. The summed E-state index contributed by atoms with van der Waals surface area (Å²) < 4.78 is 2.23. The van der Waals surface area contributed by atoms with Gasteiger partial charge in [-0.1, -0.05) is 6.92 Å². The summed E-state index contributed by atoms with van der Waals surface area (Å²) in [4.78, 5) is 17.2. The second kappa shape index (κ2) is 10.2. The van der Waals surface area contributed by atoms with Crippen LogP contribution in [0.5, 0.6) is 0 Å². The molecule has 2 atom stereocenters. The molecule has 1 fully saturated rings. The lowest BCUT2D eigenvalue weighted by Crippen LogP contribution is -2.49. The molecule has 0 aromatic carbocycles. The predicted octanol–water partition coefficient (Wildman–Crippen LogP) is 3.36. The van der Waals surface area contributed by atoms with Gasteiger partial charge in [-0.2, -0.15) is 0 Å². The van der Waals surface area contributed by atoms with Crippen molar-refractivity contribution in [1.82, 2.24) is 24.8 Å². The maximum atomic E-state index is 4.86. The fraction of sp³-hybridized carbons (Fsp3) is 0.611. The van der Waals surface area contributed by atoms with Gasteiger partial charge in [0.1, 0.15) is 0 Å². The zero-order valence-corrected chi connectivity index (χ0v) is 18.9. The number of hydrogen-bond acceptors (Lipinski definition) is 4. The Morgan fingerprint density at radius 3 is 2.96 bits per heavy atom. The van der Waals surface area contributed by atoms with Crippen LogP contribution in [0.15, 0.2) is 29.9 Å². The summed E-state index contributed by atoms with van der Waals surface area (Å²) in [6.45, 7) is 10.2. The molecule has 2 aromatic heterocycles. The number of rotatable bonds is 5. The van der Waals surface area contributed by atoms with E-state index in [2.05, 4.69) is 51.7 Å².